The molecule has 9 atom stereocenters. The largest absolute Gasteiger partial charge is 0.481 e. The molecule has 0 spiro atoms. The quantitative estimate of drug-likeness (QED) is 0.341. The molecule has 0 aliphatic heterocycles. The van der Waals surface area contributed by atoms with Crippen molar-refractivity contribution in [2.24, 2.45) is 62.6 Å². The van der Waals surface area contributed by atoms with Crippen LogP contribution in [-0.4, -0.2) is 16.9 Å². The first-order chi connectivity index (χ1) is 19.0. The summed E-state index contributed by atoms with van der Waals surface area (Å²) >= 11 is 0. The number of hydrogen-bond donors (Lipinski definition) is 1. The zero-order valence-electron chi connectivity index (χ0n) is 27.4. The van der Waals surface area contributed by atoms with E-state index in [1.807, 2.05) is 12.2 Å². The molecule has 0 aromatic carbocycles. The van der Waals surface area contributed by atoms with Crippen molar-refractivity contribution in [2.45, 2.75) is 114 Å². The molecule has 0 bridgehead atoms. The van der Waals surface area contributed by atoms with E-state index in [4.69, 9.17) is 0 Å². The second kappa shape index (κ2) is 9.81. The van der Waals surface area contributed by atoms with Gasteiger partial charge < -0.3 is 5.11 Å². The van der Waals surface area contributed by atoms with Gasteiger partial charge in [-0.2, -0.15) is 0 Å². The average molecular weight is 561 g/mol. The van der Waals surface area contributed by atoms with Crippen LogP contribution >= 0.6 is 0 Å². The Morgan fingerprint density at radius 2 is 1.61 bits per heavy atom. The second-order valence-electron chi connectivity index (χ2n) is 16.6. The Labute approximate surface area is 250 Å². The summed E-state index contributed by atoms with van der Waals surface area (Å²) in [4.78, 5) is 27.5. The molecule has 4 saturated carbocycles. The third kappa shape index (κ3) is 3.95. The molecule has 0 radical (unpaired) electrons. The van der Waals surface area contributed by atoms with E-state index < -0.39 is 16.8 Å². The molecule has 0 amide bonds. The third-order valence-corrected chi connectivity index (χ3v) is 14.4. The van der Waals surface area contributed by atoms with Crippen LogP contribution in [-0.2, 0) is 9.59 Å². The molecule has 0 heterocycles. The highest BCUT2D eigenvalue weighted by atomic mass is 16.4. The van der Waals surface area contributed by atoms with Gasteiger partial charge in [-0.3, -0.25) is 9.59 Å². The number of carboxylic acids is 1. The van der Waals surface area contributed by atoms with Gasteiger partial charge in [-0.25, -0.2) is 0 Å². The number of allylic oxidation sites excluding steroid dienone is 7. The van der Waals surface area contributed by atoms with E-state index in [0.717, 1.165) is 62.5 Å². The van der Waals surface area contributed by atoms with Crippen LogP contribution in [0.25, 0.3) is 0 Å². The minimum absolute atomic E-state index is 0.0200. The Morgan fingerprint density at radius 3 is 2.20 bits per heavy atom. The summed E-state index contributed by atoms with van der Waals surface area (Å²) < 4.78 is 0. The van der Waals surface area contributed by atoms with Gasteiger partial charge in [-0.15, -0.1) is 0 Å². The van der Waals surface area contributed by atoms with Gasteiger partial charge in [0.2, 0.25) is 0 Å². The molecule has 3 nitrogen and oxygen atoms in total. The van der Waals surface area contributed by atoms with E-state index in [0.29, 0.717) is 29.5 Å². The average Bonchev–Trinajstić information content (AvgIpc) is 3.29. The monoisotopic (exact) mass is 560 g/mol. The van der Waals surface area contributed by atoms with Gasteiger partial charge in [-0.1, -0.05) is 78.8 Å². The van der Waals surface area contributed by atoms with Crippen LogP contribution in [0.2, 0.25) is 0 Å². The SMILES string of the molecule is C=C/C(=C\C=C(C)C)C1=CC(=O)[C@]2(C)[C@H]3CC[C@@H]4[C@H]5[C@H](C(C)C)CC[C@]5(C(=O)O)CC[C@@]4(C)[C@]3(C)CC[C@H]2C1(C)C. The molecule has 3 heteroatoms. The van der Waals surface area contributed by atoms with Crippen LogP contribution in [0, 0.1) is 62.6 Å². The van der Waals surface area contributed by atoms with Crippen LogP contribution in [0.5, 0.6) is 0 Å². The first kappa shape index (κ1) is 30.6. The highest BCUT2D eigenvalue weighted by Crippen LogP contribution is 2.77. The molecule has 5 aliphatic carbocycles. The van der Waals surface area contributed by atoms with Crippen molar-refractivity contribution in [2.75, 3.05) is 0 Å². The summed E-state index contributed by atoms with van der Waals surface area (Å²) in [5, 5.41) is 10.6. The highest BCUT2D eigenvalue weighted by molar-refractivity contribution is 5.98. The van der Waals surface area contributed by atoms with Crippen molar-refractivity contribution in [1.82, 2.24) is 0 Å². The van der Waals surface area contributed by atoms with Crippen LogP contribution in [0.15, 0.2) is 47.6 Å². The number of fused-ring (bicyclic) bond motifs is 7. The van der Waals surface area contributed by atoms with E-state index in [1.165, 1.54) is 5.57 Å². The molecule has 0 unspecified atom stereocenters. The lowest BCUT2D eigenvalue weighted by Gasteiger charge is -2.71. The predicted octanol–water partition coefficient (Wildman–Crippen LogP) is 9.60. The summed E-state index contributed by atoms with van der Waals surface area (Å²) in [6.45, 7) is 25.0. The number of carbonyl (C=O) groups excluding carboxylic acids is 1. The lowest BCUT2D eigenvalue weighted by molar-refractivity contribution is -0.227. The van der Waals surface area contributed by atoms with Crippen molar-refractivity contribution in [3.05, 3.63) is 47.6 Å². The zero-order chi connectivity index (χ0) is 30.3. The Bertz CT molecular complexity index is 1230. The summed E-state index contributed by atoms with van der Waals surface area (Å²) in [6, 6.07) is 0. The lowest BCUT2D eigenvalue weighted by Crippen LogP contribution is -2.67. The van der Waals surface area contributed by atoms with Crippen molar-refractivity contribution >= 4 is 11.8 Å². The van der Waals surface area contributed by atoms with E-state index in [2.05, 4.69) is 81.0 Å². The van der Waals surface area contributed by atoms with Crippen LogP contribution in [0.4, 0.5) is 0 Å². The molecule has 5 rings (SSSR count). The summed E-state index contributed by atoms with van der Waals surface area (Å²) in [7, 11) is 0. The summed E-state index contributed by atoms with van der Waals surface area (Å²) in [5.74, 6) is 1.99. The van der Waals surface area contributed by atoms with Crippen LogP contribution in [0.1, 0.15) is 114 Å². The fourth-order valence-electron chi connectivity index (χ4n) is 12.1. The van der Waals surface area contributed by atoms with Gasteiger partial charge in [0.15, 0.2) is 5.78 Å². The minimum Gasteiger partial charge on any atom is -0.481 e. The Morgan fingerprint density at radius 1 is 0.927 bits per heavy atom. The number of carbonyl (C=O) groups is 2. The van der Waals surface area contributed by atoms with E-state index in [9.17, 15) is 14.7 Å². The van der Waals surface area contributed by atoms with Crippen molar-refractivity contribution < 1.29 is 14.7 Å². The summed E-state index contributed by atoms with van der Waals surface area (Å²) in [5.41, 5.74) is 2.39. The number of hydrogen-bond acceptors (Lipinski definition) is 2. The second-order valence-corrected chi connectivity index (χ2v) is 16.6. The van der Waals surface area contributed by atoms with Crippen molar-refractivity contribution in [1.29, 1.82) is 0 Å². The Kier molecular flexibility index (Phi) is 7.31. The highest BCUT2D eigenvalue weighted by Gasteiger charge is 2.72. The maximum atomic E-state index is 14.5. The molecular formula is C38H56O3. The third-order valence-electron chi connectivity index (χ3n) is 14.4. The number of rotatable bonds is 5. The van der Waals surface area contributed by atoms with Crippen LogP contribution in [0.3, 0.4) is 0 Å². The first-order valence-electron chi connectivity index (χ1n) is 16.5. The molecule has 226 valence electrons. The standard InChI is InChI=1S/C38H56O3/c1-11-25(13-12-23(2)3)28-22-31(39)37(10)29(34(28,6)7)17-18-36(9)30(37)15-14-27-32-26(24(4)5)16-19-38(32,33(40)41)21-20-35(27,36)8/h11-13,22,24,26-27,29-30,32H,1,14-21H2,2-10H3,(H,40,41)/b25-13+/t26-,27+,29-,30-,32+,35+,36+,37-,38-/m0/s1. The first-order valence-corrected chi connectivity index (χ1v) is 16.5. The minimum atomic E-state index is -0.553. The maximum absolute atomic E-state index is 14.5. The molecule has 41 heavy (non-hydrogen) atoms. The fourth-order valence-corrected chi connectivity index (χ4v) is 12.1. The molecular weight excluding hydrogens is 504 g/mol. The van der Waals surface area contributed by atoms with Crippen molar-refractivity contribution in [3.63, 3.8) is 0 Å². The van der Waals surface area contributed by atoms with E-state index in [-0.39, 0.29) is 28.1 Å². The molecule has 0 saturated heterocycles. The van der Waals surface area contributed by atoms with Crippen molar-refractivity contribution in [3.8, 4) is 0 Å². The number of aliphatic carboxylic acids is 1. The van der Waals surface area contributed by atoms with E-state index in [1.54, 1.807) is 0 Å². The Hall–Kier alpha value is -1.90. The lowest BCUT2D eigenvalue weighted by atomic mass is 9.32. The van der Waals surface area contributed by atoms with Gasteiger partial charge >= 0.3 is 5.97 Å². The number of ketones is 1. The van der Waals surface area contributed by atoms with Gasteiger partial charge in [0.25, 0.3) is 0 Å². The molecule has 0 aromatic rings. The van der Waals surface area contributed by atoms with E-state index >= 15 is 0 Å². The fraction of sp³-hybridized carbons (Fsp3) is 0.737. The zero-order valence-corrected chi connectivity index (χ0v) is 27.4. The topological polar surface area (TPSA) is 54.4 Å². The normalized spacial score (nSPS) is 45.1. The van der Waals surface area contributed by atoms with Crippen LogP contribution < -0.4 is 0 Å². The molecule has 0 aromatic heterocycles. The molecule has 4 fully saturated rings. The Balaban J connectivity index is 1.58. The predicted molar refractivity (Wildman–Crippen MR) is 168 cm³/mol. The molecule has 1 N–H and O–H groups in total. The maximum Gasteiger partial charge on any atom is 0.309 e. The van der Waals surface area contributed by atoms with Gasteiger partial charge in [0.05, 0.1) is 5.41 Å². The number of carboxylic acid groups (broad SMARTS) is 1. The molecule has 5 aliphatic rings. The van der Waals surface area contributed by atoms with Gasteiger partial charge in [-0.05, 0) is 134 Å². The smallest absolute Gasteiger partial charge is 0.309 e. The van der Waals surface area contributed by atoms with Gasteiger partial charge in [0, 0.05) is 5.41 Å². The van der Waals surface area contributed by atoms with Gasteiger partial charge in [0.1, 0.15) is 0 Å². The summed E-state index contributed by atoms with van der Waals surface area (Å²) in [6.07, 6.45) is 16.1.